The van der Waals surface area contributed by atoms with Gasteiger partial charge in [0.05, 0.1) is 4.99 Å². The first-order chi connectivity index (χ1) is 6.42. The average Bonchev–Trinajstić information content (AvgIpc) is 1.93. The van der Waals surface area contributed by atoms with Crippen LogP contribution in [0.2, 0.25) is 0 Å². The van der Waals surface area contributed by atoms with Gasteiger partial charge in [0.1, 0.15) is 5.75 Å². The molecular formula is C8H16N2O2S2. The van der Waals surface area contributed by atoms with Crippen LogP contribution in [0.15, 0.2) is 0 Å². The predicted octanol–water partition coefficient (Wildman–Crippen LogP) is 0.334. The summed E-state index contributed by atoms with van der Waals surface area (Å²) in [6.45, 7) is 0.602. The van der Waals surface area contributed by atoms with E-state index in [4.69, 9.17) is 5.73 Å². The summed E-state index contributed by atoms with van der Waals surface area (Å²) in [6.07, 6.45) is 3.48. The van der Waals surface area contributed by atoms with E-state index < -0.39 is 10.0 Å². The number of nitrogens with two attached hydrogens (primary N) is 1. The second-order valence-corrected chi connectivity index (χ2v) is 6.40. The molecule has 0 amide bonds. The number of rotatable bonds is 5. The Balaban J connectivity index is 2.48. The van der Waals surface area contributed by atoms with Gasteiger partial charge in [0, 0.05) is 13.6 Å². The molecule has 0 saturated heterocycles. The first kappa shape index (κ1) is 11.9. The highest BCUT2D eigenvalue weighted by Crippen LogP contribution is 2.27. The van der Waals surface area contributed by atoms with E-state index in [9.17, 15) is 8.42 Å². The fourth-order valence-electron chi connectivity index (χ4n) is 1.44. The van der Waals surface area contributed by atoms with E-state index in [1.165, 1.54) is 10.7 Å². The topological polar surface area (TPSA) is 63.4 Å². The quantitative estimate of drug-likeness (QED) is 0.699. The van der Waals surface area contributed by atoms with Crippen molar-refractivity contribution in [2.45, 2.75) is 19.3 Å². The molecule has 0 atom stereocenters. The highest BCUT2D eigenvalue weighted by molar-refractivity contribution is 7.92. The fourth-order valence-corrected chi connectivity index (χ4v) is 2.91. The molecule has 1 fully saturated rings. The van der Waals surface area contributed by atoms with E-state index in [1.807, 2.05) is 0 Å². The van der Waals surface area contributed by atoms with Gasteiger partial charge in [0.25, 0.3) is 0 Å². The third-order valence-corrected chi connectivity index (χ3v) is 4.64. The molecule has 0 aromatic carbocycles. The summed E-state index contributed by atoms with van der Waals surface area (Å²) in [7, 11) is -1.67. The molecule has 0 unspecified atom stereocenters. The van der Waals surface area contributed by atoms with Crippen molar-refractivity contribution in [2.24, 2.45) is 11.7 Å². The van der Waals surface area contributed by atoms with Gasteiger partial charge in [0.15, 0.2) is 0 Å². The second kappa shape index (κ2) is 4.55. The molecule has 1 aliphatic rings. The smallest absolute Gasteiger partial charge is 0.220 e. The molecule has 0 aromatic rings. The van der Waals surface area contributed by atoms with Gasteiger partial charge < -0.3 is 5.73 Å². The van der Waals surface area contributed by atoms with Crippen molar-refractivity contribution >= 4 is 27.2 Å². The molecule has 14 heavy (non-hydrogen) atoms. The van der Waals surface area contributed by atoms with Crippen LogP contribution in [-0.2, 0) is 10.0 Å². The van der Waals surface area contributed by atoms with Crippen molar-refractivity contribution in [3.8, 4) is 0 Å². The van der Waals surface area contributed by atoms with E-state index in [0.717, 1.165) is 12.8 Å². The van der Waals surface area contributed by atoms with Crippen LogP contribution >= 0.6 is 12.2 Å². The Morgan fingerprint density at radius 1 is 1.57 bits per heavy atom. The Hall–Kier alpha value is -0.200. The summed E-state index contributed by atoms with van der Waals surface area (Å²) in [6, 6.07) is 0. The monoisotopic (exact) mass is 236 g/mol. The van der Waals surface area contributed by atoms with Crippen molar-refractivity contribution in [2.75, 3.05) is 19.3 Å². The first-order valence-electron chi connectivity index (χ1n) is 4.64. The summed E-state index contributed by atoms with van der Waals surface area (Å²) in [5.41, 5.74) is 5.22. The normalized spacial score (nSPS) is 18.1. The minimum absolute atomic E-state index is 0.0328. The van der Waals surface area contributed by atoms with Gasteiger partial charge >= 0.3 is 0 Å². The molecule has 0 bridgehead atoms. The Labute approximate surface area is 90.5 Å². The molecule has 1 rings (SSSR count). The highest BCUT2D eigenvalue weighted by Gasteiger charge is 2.25. The number of sulfonamides is 1. The van der Waals surface area contributed by atoms with E-state index in [-0.39, 0.29) is 10.7 Å². The predicted molar refractivity (Wildman–Crippen MR) is 60.5 cm³/mol. The van der Waals surface area contributed by atoms with Crippen molar-refractivity contribution in [1.82, 2.24) is 4.31 Å². The maximum Gasteiger partial charge on any atom is 0.220 e. The van der Waals surface area contributed by atoms with Crippen LogP contribution in [0.4, 0.5) is 0 Å². The molecule has 0 aliphatic heterocycles. The lowest BCUT2D eigenvalue weighted by molar-refractivity contribution is 0.263. The number of thiocarbonyl (C=S) groups is 1. The summed E-state index contributed by atoms with van der Waals surface area (Å²) in [5.74, 6) is 0.312. The molecule has 6 heteroatoms. The van der Waals surface area contributed by atoms with Crippen molar-refractivity contribution in [3.63, 3.8) is 0 Å². The van der Waals surface area contributed by atoms with Gasteiger partial charge in [-0.3, -0.25) is 0 Å². The molecular weight excluding hydrogens is 220 g/mol. The Morgan fingerprint density at radius 3 is 2.50 bits per heavy atom. The molecule has 0 spiro atoms. The zero-order chi connectivity index (χ0) is 10.8. The van der Waals surface area contributed by atoms with Gasteiger partial charge in [-0.1, -0.05) is 18.6 Å². The number of nitrogens with zero attached hydrogens (tertiary/aromatic N) is 1. The zero-order valence-electron chi connectivity index (χ0n) is 8.27. The van der Waals surface area contributed by atoms with Crippen molar-refractivity contribution in [3.05, 3.63) is 0 Å². The lowest BCUT2D eigenvalue weighted by Gasteiger charge is -2.29. The Bertz CT molecular complexity index is 309. The van der Waals surface area contributed by atoms with Crippen LogP contribution in [0.25, 0.3) is 0 Å². The SMILES string of the molecule is CN(CC1CCC1)S(=O)(=O)CC(N)=S. The molecule has 0 heterocycles. The molecule has 1 aliphatic carbocycles. The second-order valence-electron chi connectivity index (χ2n) is 3.80. The molecule has 0 radical (unpaired) electrons. The average molecular weight is 236 g/mol. The van der Waals surface area contributed by atoms with E-state index >= 15 is 0 Å². The zero-order valence-corrected chi connectivity index (χ0v) is 9.90. The molecule has 2 N–H and O–H groups in total. The summed E-state index contributed by atoms with van der Waals surface area (Å²) in [4.78, 5) is 0.0328. The Kier molecular flexibility index (Phi) is 3.86. The van der Waals surface area contributed by atoms with Crippen LogP contribution in [0.3, 0.4) is 0 Å². The van der Waals surface area contributed by atoms with Gasteiger partial charge in [-0.15, -0.1) is 0 Å². The van der Waals surface area contributed by atoms with Gasteiger partial charge in [0.2, 0.25) is 10.0 Å². The van der Waals surface area contributed by atoms with Gasteiger partial charge in [-0.2, -0.15) is 0 Å². The highest BCUT2D eigenvalue weighted by atomic mass is 32.2. The lowest BCUT2D eigenvalue weighted by Crippen LogP contribution is -2.38. The molecule has 82 valence electrons. The molecule has 4 nitrogen and oxygen atoms in total. The van der Waals surface area contributed by atoms with Crippen LogP contribution in [-0.4, -0.2) is 37.1 Å². The standard InChI is InChI=1S/C8H16N2O2S2/c1-10(5-7-3-2-4-7)14(11,12)6-8(9)13/h7H,2-6H2,1H3,(H2,9,13). The largest absolute Gasteiger partial charge is 0.392 e. The minimum atomic E-state index is -3.26. The fraction of sp³-hybridized carbons (Fsp3) is 0.875. The third kappa shape index (κ3) is 3.18. The molecule has 1 saturated carbocycles. The van der Waals surface area contributed by atoms with E-state index in [1.54, 1.807) is 7.05 Å². The maximum absolute atomic E-state index is 11.6. The summed E-state index contributed by atoms with van der Waals surface area (Å²) < 4.78 is 24.5. The van der Waals surface area contributed by atoms with Crippen LogP contribution < -0.4 is 5.73 Å². The Morgan fingerprint density at radius 2 is 2.14 bits per heavy atom. The van der Waals surface area contributed by atoms with Gasteiger partial charge in [-0.05, 0) is 18.8 Å². The number of hydrogen-bond acceptors (Lipinski definition) is 3. The van der Waals surface area contributed by atoms with E-state index in [0.29, 0.717) is 12.5 Å². The lowest BCUT2D eigenvalue weighted by atomic mass is 9.86. The third-order valence-electron chi connectivity index (χ3n) is 2.54. The number of hydrogen-bond donors (Lipinski definition) is 1. The summed E-state index contributed by atoms with van der Waals surface area (Å²) in [5, 5.41) is 0. The first-order valence-corrected chi connectivity index (χ1v) is 6.66. The van der Waals surface area contributed by atoms with Crippen LogP contribution in [0, 0.1) is 5.92 Å². The van der Waals surface area contributed by atoms with Crippen LogP contribution in [0.5, 0.6) is 0 Å². The van der Waals surface area contributed by atoms with Crippen LogP contribution in [0.1, 0.15) is 19.3 Å². The van der Waals surface area contributed by atoms with Gasteiger partial charge in [-0.25, -0.2) is 12.7 Å². The van der Waals surface area contributed by atoms with Crippen molar-refractivity contribution in [1.29, 1.82) is 0 Å². The summed E-state index contributed by atoms with van der Waals surface area (Å²) >= 11 is 4.59. The maximum atomic E-state index is 11.6. The van der Waals surface area contributed by atoms with E-state index in [2.05, 4.69) is 12.2 Å². The van der Waals surface area contributed by atoms with Crippen molar-refractivity contribution < 1.29 is 8.42 Å². The molecule has 0 aromatic heterocycles. The minimum Gasteiger partial charge on any atom is -0.392 e.